The maximum atomic E-state index is 9.51. The van der Waals surface area contributed by atoms with Crippen molar-refractivity contribution in [2.24, 2.45) is 7.05 Å². The van der Waals surface area contributed by atoms with Crippen LogP contribution in [0.5, 0.6) is 0 Å². The minimum absolute atomic E-state index is 0.119. The minimum Gasteiger partial charge on any atom is -0.395 e. The lowest BCUT2D eigenvalue weighted by molar-refractivity contribution is 0.219. The van der Waals surface area contributed by atoms with Gasteiger partial charge in [-0.15, -0.1) is 0 Å². The molecule has 3 nitrogen and oxygen atoms in total. The van der Waals surface area contributed by atoms with Gasteiger partial charge in [0, 0.05) is 30.4 Å². The van der Waals surface area contributed by atoms with Gasteiger partial charge in [0.1, 0.15) is 5.82 Å². The first kappa shape index (κ1) is 11.9. The Hall–Kier alpha value is -1.61. The van der Waals surface area contributed by atoms with Gasteiger partial charge in [0.25, 0.3) is 0 Å². The van der Waals surface area contributed by atoms with Gasteiger partial charge in [0.05, 0.1) is 6.61 Å². The van der Waals surface area contributed by atoms with Crippen LogP contribution in [0, 0.1) is 0 Å². The lowest BCUT2D eigenvalue weighted by Crippen LogP contribution is -2.23. The third kappa shape index (κ3) is 2.11. The van der Waals surface area contributed by atoms with E-state index in [1.54, 1.807) is 6.20 Å². The highest BCUT2D eigenvalue weighted by Gasteiger charge is 2.24. The van der Waals surface area contributed by atoms with Gasteiger partial charge in [-0.25, -0.2) is 4.98 Å². The average Bonchev–Trinajstić information content (AvgIpc) is 2.75. The Kier molecular flexibility index (Phi) is 3.03. The third-order valence-electron chi connectivity index (χ3n) is 3.11. The molecule has 0 saturated heterocycles. The van der Waals surface area contributed by atoms with Crippen molar-refractivity contribution in [1.82, 2.24) is 9.55 Å². The second-order valence-electron chi connectivity index (χ2n) is 4.95. The van der Waals surface area contributed by atoms with Gasteiger partial charge in [0.15, 0.2) is 0 Å². The van der Waals surface area contributed by atoms with E-state index in [0.29, 0.717) is 0 Å². The highest BCUT2D eigenvalue weighted by Crippen LogP contribution is 2.31. The molecule has 17 heavy (non-hydrogen) atoms. The molecule has 0 amide bonds. The van der Waals surface area contributed by atoms with Crippen LogP contribution in [0.4, 0.5) is 0 Å². The van der Waals surface area contributed by atoms with Crippen LogP contribution in [-0.4, -0.2) is 21.3 Å². The summed E-state index contributed by atoms with van der Waals surface area (Å²) in [5.41, 5.74) is 1.94. The zero-order valence-electron chi connectivity index (χ0n) is 10.5. The molecule has 3 heteroatoms. The molecule has 0 aliphatic rings. The number of rotatable bonds is 3. The summed E-state index contributed by atoms with van der Waals surface area (Å²) >= 11 is 0. The van der Waals surface area contributed by atoms with E-state index in [9.17, 15) is 5.11 Å². The highest BCUT2D eigenvalue weighted by molar-refractivity contribution is 5.62. The van der Waals surface area contributed by atoms with Crippen molar-refractivity contribution in [1.29, 1.82) is 0 Å². The van der Waals surface area contributed by atoms with E-state index in [4.69, 9.17) is 0 Å². The predicted molar refractivity (Wildman–Crippen MR) is 68.8 cm³/mol. The van der Waals surface area contributed by atoms with Gasteiger partial charge in [-0.05, 0) is 5.56 Å². The largest absolute Gasteiger partial charge is 0.395 e. The van der Waals surface area contributed by atoms with Crippen LogP contribution in [0.1, 0.15) is 19.4 Å². The van der Waals surface area contributed by atoms with Crippen molar-refractivity contribution >= 4 is 0 Å². The molecular formula is C14H18N2O. The van der Waals surface area contributed by atoms with Crippen molar-refractivity contribution in [2.75, 3.05) is 6.61 Å². The fourth-order valence-corrected chi connectivity index (χ4v) is 1.98. The normalized spacial score (nSPS) is 11.8. The Bertz CT molecular complexity index is 514. The fraction of sp³-hybridized carbons (Fsp3) is 0.357. The van der Waals surface area contributed by atoms with Crippen LogP contribution in [0.3, 0.4) is 0 Å². The van der Waals surface area contributed by atoms with Gasteiger partial charge >= 0.3 is 0 Å². The number of benzene rings is 1. The number of hydrogen-bond acceptors (Lipinski definition) is 2. The summed E-state index contributed by atoms with van der Waals surface area (Å²) in [4.78, 5) is 4.38. The molecule has 0 radical (unpaired) electrons. The molecule has 0 aliphatic heterocycles. The van der Waals surface area contributed by atoms with Crippen LogP contribution in [0.25, 0.3) is 11.4 Å². The van der Waals surface area contributed by atoms with Crippen LogP contribution >= 0.6 is 0 Å². The van der Waals surface area contributed by atoms with Crippen molar-refractivity contribution in [3.8, 4) is 11.4 Å². The maximum absolute atomic E-state index is 9.51. The molecular weight excluding hydrogens is 212 g/mol. The van der Waals surface area contributed by atoms with E-state index in [1.165, 1.54) is 0 Å². The van der Waals surface area contributed by atoms with Crippen LogP contribution in [-0.2, 0) is 12.5 Å². The lowest BCUT2D eigenvalue weighted by Gasteiger charge is -2.25. The molecule has 1 N–H and O–H groups in total. The first-order valence-electron chi connectivity index (χ1n) is 5.74. The van der Waals surface area contributed by atoms with Gasteiger partial charge < -0.3 is 9.67 Å². The summed E-state index contributed by atoms with van der Waals surface area (Å²) in [6.45, 7) is 4.19. The molecule has 90 valence electrons. The number of aryl methyl sites for hydroxylation is 1. The first-order chi connectivity index (χ1) is 8.06. The standard InChI is InChI=1S/C14H18N2O/c1-14(2,10-17)12-7-5-4-6-11(12)13-15-8-9-16(13)3/h4-9,17H,10H2,1-3H3. The summed E-state index contributed by atoms with van der Waals surface area (Å²) in [7, 11) is 1.98. The van der Waals surface area contributed by atoms with Crippen molar-refractivity contribution in [2.45, 2.75) is 19.3 Å². The Labute approximate surface area is 102 Å². The van der Waals surface area contributed by atoms with Gasteiger partial charge in [0.2, 0.25) is 0 Å². The molecule has 1 aromatic heterocycles. The zero-order chi connectivity index (χ0) is 12.5. The minimum atomic E-state index is -0.261. The maximum Gasteiger partial charge on any atom is 0.139 e. The Balaban J connectivity index is 2.60. The molecule has 1 aromatic carbocycles. The Morgan fingerprint density at radius 1 is 1.29 bits per heavy atom. The number of imidazole rings is 1. The lowest BCUT2D eigenvalue weighted by atomic mass is 9.82. The van der Waals surface area contributed by atoms with Crippen molar-refractivity contribution in [3.05, 3.63) is 42.2 Å². The average molecular weight is 230 g/mol. The molecule has 1 heterocycles. The number of aliphatic hydroxyl groups is 1. The summed E-state index contributed by atoms with van der Waals surface area (Å²) < 4.78 is 1.99. The van der Waals surface area contributed by atoms with E-state index in [1.807, 2.05) is 43.8 Å². The highest BCUT2D eigenvalue weighted by atomic mass is 16.3. The monoisotopic (exact) mass is 230 g/mol. The third-order valence-corrected chi connectivity index (χ3v) is 3.11. The molecule has 0 saturated carbocycles. The van der Waals surface area contributed by atoms with Gasteiger partial charge in [-0.2, -0.15) is 0 Å². The summed E-state index contributed by atoms with van der Waals surface area (Å²) in [6, 6.07) is 8.11. The number of aliphatic hydroxyl groups excluding tert-OH is 1. The second-order valence-corrected chi connectivity index (χ2v) is 4.95. The molecule has 0 fully saturated rings. The van der Waals surface area contributed by atoms with E-state index in [-0.39, 0.29) is 12.0 Å². The summed E-state index contributed by atoms with van der Waals surface area (Å²) in [5, 5.41) is 9.51. The molecule has 0 atom stereocenters. The SMILES string of the molecule is Cn1ccnc1-c1ccccc1C(C)(C)CO. The van der Waals surface area contributed by atoms with E-state index < -0.39 is 0 Å². The smallest absolute Gasteiger partial charge is 0.139 e. The van der Waals surface area contributed by atoms with Gasteiger partial charge in [-0.3, -0.25) is 0 Å². The summed E-state index contributed by atoms with van der Waals surface area (Å²) in [5.74, 6) is 0.933. The molecule has 0 aliphatic carbocycles. The molecule has 0 bridgehead atoms. The predicted octanol–water partition coefficient (Wildman–Crippen LogP) is 2.36. The van der Waals surface area contributed by atoms with Crippen LogP contribution in [0.15, 0.2) is 36.7 Å². The second kappa shape index (κ2) is 4.34. The van der Waals surface area contributed by atoms with Crippen LogP contribution < -0.4 is 0 Å². The zero-order valence-corrected chi connectivity index (χ0v) is 10.5. The van der Waals surface area contributed by atoms with Crippen LogP contribution in [0.2, 0.25) is 0 Å². The molecule has 0 spiro atoms. The molecule has 0 unspecified atom stereocenters. The molecule has 2 rings (SSSR count). The number of aromatic nitrogens is 2. The Morgan fingerprint density at radius 3 is 2.59 bits per heavy atom. The fourth-order valence-electron chi connectivity index (χ4n) is 1.98. The number of nitrogens with zero attached hydrogens (tertiary/aromatic N) is 2. The van der Waals surface area contributed by atoms with Gasteiger partial charge in [-0.1, -0.05) is 38.1 Å². The summed E-state index contributed by atoms with van der Waals surface area (Å²) in [6.07, 6.45) is 3.72. The Morgan fingerprint density at radius 2 is 2.00 bits per heavy atom. The molecule has 2 aromatic rings. The van der Waals surface area contributed by atoms with E-state index in [2.05, 4.69) is 17.1 Å². The first-order valence-corrected chi connectivity index (χ1v) is 5.74. The quantitative estimate of drug-likeness (QED) is 0.879. The van der Waals surface area contributed by atoms with E-state index in [0.717, 1.165) is 17.0 Å². The topological polar surface area (TPSA) is 38.0 Å². The van der Waals surface area contributed by atoms with Crippen molar-refractivity contribution in [3.63, 3.8) is 0 Å². The van der Waals surface area contributed by atoms with E-state index >= 15 is 0 Å². The number of hydrogen-bond donors (Lipinski definition) is 1. The van der Waals surface area contributed by atoms with Crippen molar-refractivity contribution < 1.29 is 5.11 Å².